The Kier molecular flexibility index (Phi) is 3.01. The van der Waals surface area contributed by atoms with Crippen molar-refractivity contribution in [2.24, 2.45) is 5.92 Å². The molecule has 1 aliphatic heterocycles. The van der Waals surface area contributed by atoms with E-state index in [9.17, 15) is 9.59 Å². The largest absolute Gasteiger partial charge is 0.512 e. The SMILES string of the molecule is C[C@H]1[C@H](S)/C(=C\O)O[C@H]1n1ccc(=O)[nH]c1=O. The molecule has 2 rings (SSSR count). The van der Waals surface area contributed by atoms with Crippen molar-refractivity contribution in [3.63, 3.8) is 0 Å². The minimum absolute atomic E-state index is 0.111. The van der Waals surface area contributed by atoms with Crippen molar-refractivity contribution in [3.8, 4) is 0 Å². The fourth-order valence-electron chi connectivity index (χ4n) is 1.78. The van der Waals surface area contributed by atoms with Crippen LogP contribution in [0.3, 0.4) is 0 Å². The summed E-state index contributed by atoms with van der Waals surface area (Å²) in [6.07, 6.45) is 1.62. The lowest BCUT2D eigenvalue weighted by Gasteiger charge is -2.17. The second-order valence-corrected chi connectivity index (χ2v) is 4.42. The molecule has 0 saturated carbocycles. The Morgan fingerprint density at radius 1 is 1.59 bits per heavy atom. The smallest absolute Gasteiger partial charge is 0.331 e. The highest BCUT2D eigenvalue weighted by atomic mass is 32.1. The molecule has 0 amide bonds. The van der Waals surface area contributed by atoms with Gasteiger partial charge < -0.3 is 9.84 Å². The molecule has 0 radical (unpaired) electrons. The summed E-state index contributed by atoms with van der Waals surface area (Å²) in [4.78, 5) is 24.7. The Balaban J connectivity index is 2.42. The molecular formula is C10H12N2O4S. The van der Waals surface area contributed by atoms with Gasteiger partial charge in [0.2, 0.25) is 0 Å². The van der Waals surface area contributed by atoms with Gasteiger partial charge in [0, 0.05) is 18.2 Å². The summed E-state index contributed by atoms with van der Waals surface area (Å²) in [7, 11) is 0. The van der Waals surface area contributed by atoms with Gasteiger partial charge in [-0.05, 0) is 0 Å². The lowest BCUT2D eigenvalue weighted by Crippen LogP contribution is -2.33. The Bertz CT molecular complexity index is 562. The number of aliphatic hydroxyl groups excluding tert-OH is 1. The van der Waals surface area contributed by atoms with Crippen LogP contribution in [0.5, 0.6) is 0 Å². The van der Waals surface area contributed by atoms with Gasteiger partial charge in [-0.3, -0.25) is 14.3 Å². The molecule has 92 valence electrons. The van der Waals surface area contributed by atoms with Crippen LogP contribution in [-0.2, 0) is 4.74 Å². The fraction of sp³-hybridized carbons (Fsp3) is 0.400. The van der Waals surface area contributed by atoms with Gasteiger partial charge in [0.25, 0.3) is 5.56 Å². The van der Waals surface area contributed by atoms with Crippen LogP contribution >= 0.6 is 12.6 Å². The van der Waals surface area contributed by atoms with Gasteiger partial charge in [-0.25, -0.2) is 4.79 Å². The van der Waals surface area contributed by atoms with Crippen LogP contribution in [0.15, 0.2) is 33.9 Å². The van der Waals surface area contributed by atoms with Crippen LogP contribution in [0.25, 0.3) is 0 Å². The molecule has 1 aromatic heterocycles. The van der Waals surface area contributed by atoms with Crippen molar-refractivity contribution >= 4 is 12.6 Å². The maximum Gasteiger partial charge on any atom is 0.331 e. The van der Waals surface area contributed by atoms with Crippen LogP contribution in [0.1, 0.15) is 13.2 Å². The lowest BCUT2D eigenvalue weighted by atomic mass is 10.1. The predicted molar refractivity (Wildman–Crippen MR) is 64.1 cm³/mol. The maximum atomic E-state index is 11.6. The zero-order valence-electron chi connectivity index (χ0n) is 9.03. The van der Waals surface area contributed by atoms with Crippen molar-refractivity contribution in [1.29, 1.82) is 0 Å². The molecule has 2 heterocycles. The van der Waals surface area contributed by atoms with E-state index >= 15 is 0 Å². The molecule has 7 heteroatoms. The first-order valence-corrected chi connectivity index (χ1v) is 5.56. The Labute approximate surface area is 102 Å². The Morgan fingerprint density at radius 3 is 2.82 bits per heavy atom. The number of H-pyrrole nitrogens is 1. The molecule has 0 bridgehead atoms. The molecular weight excluding hydrogens is 244 g/mol. The van der Waals surface area contributed by atoms with E-state index in [1.165, 1.54) is 16.8 Å². The van der Waals surface area contributed by atoms with E-state index in [1.807, 2.05) is 6.92 Å². The van der Waals surface area contributed by atoms with Gasteiger partial charge in [0.1, 0.15) is 12.0 Å². The van der Waals surface area contributed by atoms with E-state index in [4.69, 9.17) is 9.84 Å². The number of rotatable bonds is 1. The number of aromatic nitrogens is 2. The molecule has 1 saturated heterocycles. The van der Waals surface area contributed by atoms with Gasteiger partial charge in [-0.15, -0.1) is 0 Å². The molecule has 0 aliphatic carbocycles. The summed E-state index contributed by atoms with van der Waals surface area (Å²) in [6, 6.07) is 1.24. The monoisotopic (exact) mass is 256 g/mol. The number of aliphatic hydroxyl groups is 1. The highest BCUT2D eigenvalue weighted by Crippen LogP contribution is 2.38. The van der Waals surface area contributed by atoms with E-state index < -0.39 is 17.5 Å². The van der Waals surface area contributed by atoms with Crippen molar-refractivity contribution in [2.75, 3.05) is 0 Å². The average Bonchev–Trinajstić information content (AvgIpc) is 2.57. The van der Waals surface area contributed by atoms with Crippen LogP contribution in [-0.4, -0.2) is 19.9 Å². The number of nitrogens with zero attached hydrogens (tertiary/aromatic N) is 1. The number of ether oxygens (including phenoxy) is 1. The predicted octanol–water partition coefficient (Wildman–Crippen LogP) is 0.399. The van der Waals surface area contributed by atoms with E-state index in [-0.39, 0.29) is 11.2 Å². The number of hydrogen-bond donors (Lipinski definition) is 3. The molecule has 2 N–H and O–H groups in total. The van der Waals surface area contributed by atoms with Gasteiger partial charge in [-0.1, -0.05) is 6.92 Å². The van der Waals surface area contributed by atoms with Crippen molar-refractivity contribution in [2.45, 2.75) is 18.4 Å². The molecule has 6 nitrogen and oxygen atoms in total. The first-order valence-electron chi connectivity index (χ1n) is 5.05. The molecule has 3 atom stereocenters. The second kappa shape index (κ2) is 4.33. The first-order chi connectivity index (χ1) is 8.04. The molecule has 0 spiro atoms. The van der Waals surface area contributed by atoms with Crippen molar-refractivity contribution in [3.05, 3.63) is 45.1 Å². The Morgan fingerprint density at radius 2 is 2.29 bits per heavy atom. The topological polar surface area (TPSA) is 84.3 Å². The van der Waals surface area contributed by atoms with Gasteiger partial charge in [0.05, 0.1) is 5.25 Å². The van der Waals surface area contributed by atoms with E-state index in [0.717, 1.165) is 6.26 Å². The van der Waals surface area contributed by atoms with E-state index in [2.05, 4.69) is 17.6 Å². The number of thiol groups is 1. The minimum Gasteiger partial charge on any atom is -0.512 e. The molecule has 17 heavy (non-hydrogen) atoms. The number of nitrogens with one attached hydrogen (secondary N) is 1. The molecule has 1 aromatic rings. The summed E-state index contributed by atoms with van der Waals surface area (Å²) in [5.41, 5.74) is -1.01. The first kappa shape index (κ1) is 11.8. The molecule has 1 aliphatic rings. The van der Waals surface area contributed by atoms with Gasteiger partial charge in [-0.2, -0.15) is 12.6 Å². The highest BCUT2D eigenvalue weighted by Gasteiger charge is 2.38. The van der Waals surface area contributed by atoms with Crippen LogP contribution < -0.4 is 11.2 Å². The third-order valence-corrected chi connectivity index (χ3v) is 3.47. The zero-order valence-corrected chi connectivity index (χ0v) is 9.92. The zero-order chi connectivity index (χ0) is 12.6. The summed E-state index contributed by atoms with van der Waals surface area (Å²) < 4.78 is 6.69. The highest BCUT2D eigenvalue weighted by molar-refractivity contribution is 7.81. The number of hydrogen-bond acceptors (Lipinski definition) is 5. The number of aromatic amines is 1. The quantitative estimate of drug-likeness (QED) is 0.501. The third-order valence-electron chi connectivity index (χ3n) is 2.75. The normalized spacial score (nSPS) is 30.5. The maximum absolute atomic E-state index is 11.6. The molecule has 0 aromatic carbocycles. The van der Waals surface area contributed by atoms with Crippen LogP contribution in [0, 0.1) is 5.92 Å². The van der Waals surface area contributed by atoms with Crippen LogP contribution in [0.2, 0.25) is 0 Å². The Hall–Kier alpha value is -1.63. The molecule has 1 fully saturated rings. The van der Waals surface area contributed by atoms with Crippen molar-refractivity contribution in [1.82, 2.24) is 9.55 Å². The van der Waals surface area contributed by atoms with E-state index in [0.29, 0.717) is 5.76 Å². The summed E-state index contributed by atoms with van der Waals surface area (Å²) >= 11 is 4.29. The van der Waals surface area contributed by atoms with Crippen LogP contribution in [0.4, 0.5) is 0 Å². The fourth-order valence-corrected chi connectivity index (χ4v) is 2.05. The third kappa shape index (κ3) is 1.97. The van der Waals surface area contributed by atoms with Gasteiger partial charge >= 0.3 is 5.69 Å². The summed E-state index contributed by atoms with van der Waals surface area (Å²) in [5.74, 6) is 0.198. The van der Waals surface area contributed by atoms with Crippen molar-refractivity contribution < 1.29 is 9.84 Å². The second-order valence-electron chi connectivity index (χ2n) is 3.86. The summed E-state index contributed by atoms with van der Waals surface area (Å²) in [6.45, 7) is 1.84. The average molecular weight is 256 g/mol. The minimum atomic E-state index is -0.583. The summed E-state index contributed by atoms with van der Waals surface area (Å²) in [5, 5.41) is 8.66. The van der Waals surface area contributed by atoms with E-state index in [1.54, 1.807) is 0 Å². The standard InChI is InChI=1S/C10H12N2O4S/c1-5-8(17)6(4-13)16-9(5)12-3-2-7(14)11-10(12)15/h2-5,8-9,13,17H,1H3,(H,11,14,15)/b6-4+/t5-,8-,9+/m0/s1. The van der Waals surface area contributed by atoms with Gasteiger partial charge in [0.15, 0.2) is 6.23 Å². The lowest BCUT2D eigenvalue weighted by molar-refractivity contribution is 0.0627. The molecule has 0 unspecified atom stereocenters.